The average Bonchev–Trinajstić information content (AvgIpc) is 3.02. The first kappa shape index (κ1) is 20.1. The molecule has 0 aliphatic rings. The van der Waals surface area contributed by atoms with Gasteiger partial charge in [-0.05, 0) is 35.9 Å². The highest BCUT2D eigenvalue weighted by molar-refractivity contribution is 5.93. The predicted octanol–water partition coefficient (Wildman–Crippen LogP) is 3.73. The lowest BCUT2D eigenvalue weighted by molar-refractivity contribution is -0.139. The van der Waals surface area contributed by atoms with E-state index in [9.17, 15) is 27.9 Å². The Hall–Kier alpha value is -3.69. The smallest absolute Gasteiger partial charge is 0.387 e. The van der Waals surface area contributed by atoms with E-state index in [4.69, 9.17) is 0 Å². The molecule has 152 valence electrons. The first-order chi connectivity index (χ1) is 13.8. The lowest BCUT2D eigenvalue weighted by atomic mass is 10.1. The standard InChI is InChI=1S/C19H16F3N3O4/c20-11-4-5-14-10(9-23-15(14)7-11)6-16(17(26)27)25-19(28)24-12-2-1-3-13(8-12)29-18(21)22/h1-5,7-9,16,18,23H,6H2,(H,26,27)(H2,24,25,28). The molecule has 4 N–H and O–H groups in total. The Balaban J connectivity index is 1.68. The molecule has 0 saturated heterocycles. The average molecular weight is 407 g/mol. The van der Waals surface area contributed by atoms with Gasteiger partial charge in [0.05, 0.1) is 0 Å². The molecule has 0 radical (unpaired) electrons. The minimum Gasteiger partial charge on any atom is -0.480 e. The Bertz CT molecular complexity index is 1040. The lowest BCUT2D eigenvalue weighted by Crippen LogP contribution is -2.44. The molecular formula is C19H16F3N3O4. The second kappa shape index (κ2) is 8.55. The number of hydrogen-bond acceptors (Lipinski definition) is 3. The van der Waals surface area contributed by atoms with Crippen molar-refractivity contribution in [1.82, 2.24) is 10.3 Å². The van der Waals surface area contributed by atoms with Gasteiger partial charge in [0.25, 0.3) is 0 Å². The Labute approximate surface area is 162 Å². The number of hydrogen-bond donors (Lipinski definition) is 4. The van der Waals surface area contributed by atoms with Crippen LogP contribution in [0.4, 0.5) is 23.7 Å². The first-order valence-corrected chi connectivity index (χ1v) is 8.42. The molecule has 2 aromatic carbocycles. The fourth-order valence-corrected chi connectivity index (χ4v) is 2.82. The van der Waals surface area contributed by atoms with Crippen LogP contribution in [0.2, 0.25) is 0 Å². The number of halogens is 3. The molecule has 3 aromatic rings. The van der Waals surface area contributed by atoms with Crippen LogP contribution in [0.25, 0.3) is 10.9 Å². The highest BCUT2D eigenvalue weighted by Gasteiger charge is 2.22. The molecule has 0 saturated carbocycles. The summed E-state index contributed by atoms with van der Waals surface area (Å²) < 4.78 is 42.1. The van der Waals surface area contributed by atoms with Crippen molar-refractivity contribution in [3.05, 3.63) is 60.0 Å². The van der Waals surface area contributed by atoms with E-state index in [0.29, 0.717) is 16.5 Å². The van der Waals surface area contributed by atoms with Gasteiger partial charge in [0.1, 0.15) is 17.6 Å². The molecule has 1 unspecified atom stereocenters. The predicted molar refractivity (Wildman–Crippen MR) is 98.6 cm³/mol. The number of anilines is 1. The molecule has 0 fully saturated rings. The number of carboxylic acids is 1. The van der Waals surface area contributed by atoms with Gasteiger partial charge in [-0.1, -0.05) is 6.07 Å². The summed E-state index contributed by atoms with van der Waals surface area (Å²) in [5.41, 5.74) is 1.23. The number of aromatic nitrogens is 1. The van der Waals surface area contributed by atoms with Gasteiger partial charge in [-0.3, -0.25) is 0 Å². The number of alkyl halides is 2. The van der Waals surface area contributed by atoms with Crippen LogP contribution >= 0.6 is 0 Å². The summed E-state index contributed by atoms with van der Waals surface area (Å²) in [6.07, 6.45) is 1.49. The normalized spacial score (nSPS) is 12.0. The van der Waals surface area contributed by atoms with Crippen LogP contribution in [0.5, 0.6) is 5.75 Å². The van der Waals surface area contributed by atoms with Crippen LogP contribution in [0.1, 0.15) is 5.56 Å². The molecule has 10 heteroatoms. The van der Waals surface area contributed by atoms with Crippen molar-refractivity contribution in [3.8, 4) is 5.75 Å². The fraction of sp³-hybridized carbons (Fsp3) is 0.158. The van der Waals surface area contributed by atoms with Gasteiger partial charge in [0.2, 0.25) is 0 Å². The SMILES string of the molecule is O=C(Nc1cccc(OC(F)F)c1)NC(Cc1c[nH]c2cc(F)ccc12)C(=O)O. The Morgan fingerprint density at radius 3 is 2.69 bits per heavy atom. The summed E-state index contributed by atoms with van der Waals surface area (Å²) in [6.45, 7) is -3.01. The van der Waals surface area contributed by atoms with E-state index in [1.807, 2.05) is 0 Å². The molecule has 2 amide bonds. The third kappa shape index (κ3) is 5.18. The van der Waals surface area contributed by atoms with Crippen molar-refractivity contribution in [2.75, 3.05) is 5.32 Å². The van der Waals surface area contributed by atoms with Crippen molar-refractivity contribution in [3.63, 3.8) is 0 Å². The maximum Gasteiger partial charge on any atom is 0.387 e. The zero-order valence-corrected chi connectivity index (χ0v) is 14.8. The molecule has 0 spiro atoms. The van der Waals surface area contributed by atoms with Crippen LogP contribution in [-0.4, -0.2) is 34.7 Å². The topological polar surface area (TPSA) is 103 Å². The highest BCUT2D eigenvalue weighted by atomic mass is 19.3. The number of carbonyl (C=O) groups excluding carboxylic acids is 1. The molecule has 0 aliphatic carbocycles. The van der Waals surface area contributed by atoms with E-state index in [-0.39, 0.29) is 17.9 Å². The molecule has 0 bridgehead atoms. The van der Waals surface area contributed by atoms with Gasteiger partial charge in [-0.25, -0.2) is 14.0 Å². The van der Waals surface area contributed by atoms with Gasteiger partial charge in [0.15, 0.2) is 0 Å². The van der Waals surface area contributed by atoms with E-state index in [2.05, 4.69) is 20.4 Å². The number of amides is 2. The second-order valence-electron chi connectivity index (χ2n) is 6.10. The number of rotatable bonds is 7. The minimum absolute atomic E-state index is 0.0527. The number of carbonyl (C=O) groups is 2. The monoisotopic (exact) mass is 407 g/mol. The third-order valence-electron chi connectivity index (χ3n) is 4.07. The van der Waals surface area contributed by atoms with Gasteiger partial charge >= 0.3 is 18.6 Å². The lowest BCUT2D eigenvalue weighted by Gasteiger charge is -2.15. The Morgan fingerprint density at radius 1 is 1.17 bits per heavy atom. The van der Waals surface area contributed by atoms with Crippen LogP contribution in [0, 0.1) is 5.82 Å². The number of H-pyrrole nitrogens is 1. The molecule has 1 atom stereocenters. The van der Waals surface area contributed by atoms with Gasteiger partial charge in [-0.15, -0.1) is 0 Å². The third-order valence-corrected chi connectivity index (χ3v) is 4.07. The van der Waals surface area contributed by atoms with Crippen LogP contribution < -0.4 is 15.4 Å². The molecule has 29 heavy (non-hydrogen) atoms. The highest BCUT2D eigenvalue weighted by Crippen LogP contribution is 2.21. The molecule has 3 rings (SSSR count). The molecule has 1 aromatic heterocycles. The van der Waals surface area contributed by atoms with Gasteiger partial charge in [0, 0.05) is 35.3 Å². The van der Waals surface area contributed by atoms with Crippen molar-refractivity contribution in [1.29, 1.82) is 0 Å². The number of fused-ring (bicyclic) bond motifs is 1. The van der Waals surface area contributed by atoms with E-state index in [1.54, 1.807) is 6.20 Å². The Kier molecular flexibility index (Phi) is 5.91. The van der Waals surface area contributed by atoms with Crippen LogP contribution in [-0.2, 0) is 11.2 Å². The van der Waals surface area contributed by atoms with Gasteiger partial charge in [-0.2, -0.15) is 8.78 Å². The van der Waals surface area contributed by atoms with Crippen molar-refractivity contribution in [2.45, 2.75) is 19.1 Å². The summed E-state index contributed by atoms with van der Waals surface area (Å²) in [5.74, 6) is -1.86. The van der Waals surface area contributed by atoms with E-state index in [0.717, 1.165) is 0 Å². The van der Waals surface area contributed by atoms with E-state index >= 15 is 0 Å². The van der Waals surface area contributed by atoms with Crippen molar-refractivity contribution in [2.24, 2.45) is 0 Å². The molecular weight excluding hydrogens is 391 g/mol. The molecule has 7 nitrogen and oxygen atoms in total. The zero-order chi connectivity index (χ0) is 21.0. The minimum atomic E-state index is -3.01. The summed E-state index contributed by atoms with van der Waals surface area (Å²) in [7, 11) is 0. The van der Waals surface area contributed by atoms with Crippen molar-refractivity contribution >= 4 is 28.6 Å². The fourth-order valence-electron chi connectivity index (χ4n) is 2.82. The second-order valence-corrected chi connectivity index (χ2v) is 6.10. The maximum absolute atomic E-state index is 13.3. The molecule has 0 aliphatic heterocycles. The van der Waals surface area contributed by atoms with Crippen LogP contribution in [0.3, 0.4) is 0 Å². The first-order valence-electron chi connectivity index (χ1n) is 8.42. The summed E-state index contributed by atoms with van der Waals surface area (Å²) >= 11 is 0. The summed E-state index contributed by atoms with van der Waals surface area (Å²) in [5, 5.41) is 14.7. The number of aromatic amines is 1. The quantitative estimate of drug-likeness (QED) is 0.479. The molecule has 1 heterocycles. The number of benzene rings is 2. The van der Waals surface area contributed by atoms with Crippen molar-refractivity contribution < 1.29 is 32.6 Å². The van der Waals surface area contributed by atoms with Gasteiger partial charge < -0.3 is 25.5 Å². The summed E-state index contributed by atoms with van der Waals surface area (Å²) in [4.78, 5) is 26.6. The van der Waals surface area contributed by atoms with E-state index in [1.165, 1.54) is 42.5 Å². The number of urea groups is 1. The number of carboxylic acid groups (broad SMARTS) is 1. The number of aliphatic carboxylic acids is 1. The zero-order valence-electron chi connectivity index (χ0n) is 14.8. The van der Waals surface area contributed by atoms with E-state index < -0.39 is 30.5 Å². The van der Waals surface area contributed by atoms with Crippen LogP contribution in [0.15, 0.2) is 48.7 Å². The number of ether oxygens (including phenoxy) is 1. The summed E-state index contributed by atoms with van der Waals surface area (Å²) in [6, 6.07) is 7.23. The largest absolute Gasteiger partial charge is 0.480 e. The Morgan fingerprint density at radius 2 is 1.97 bits per heavy atom. The maximum atomic E-state index is 13.3. The number of nitrogens with one attached hydrogen (secondary N) is 3.